The number of hydrogen-bond acceptors (Lipinski definition) is 5. The van der Waals surface area contributed by atoms with E-state index in [1.54, 1.807) is 18.2 Å². The number of carbonyl (C=O) groups excluding carboxylic acids is 2. The van der Waals surface area contributed by atoms with Crippen LogP contribution in [0.25, 0.3) is 0 Å². The van der Waals surface area contributed by atoms with Gasteiger partial charge >= 0.3 is 6.03 Å². The predicted molar refractivity (Wildman–Crippen MR) is 95.2 cm³/mol. The minimum Gasteiger partial charge on any atom is -0.459 e. The molecule has 10 heteroatoms. The summed E-state index contributed by atoms with van der Waals surface area (Å²) < 4.78 is 4.95. The number of furan rings is 1. The number of hydrogen-bond donors (Lipinski definition) is 4. The molecule has 3 amide bonds. The molecule has 0 saturated heterocycles. The van der Waals surface area contributed by atoms with Crippen LogP contribution in [0.15, 0.2) is 35.1 Å². The zero-order valence-corrected chi connectivity index (χ0v) is 14.7. The molecule has 134 valence electrons. The van der Waals surface area contributed by atoms with Crippen molar-refractivity contribution in [2.24, 2.45) is 0 Å². The Morgan fingerprint density at radius 2 is 1.80 bits per heavy atom. The van der Waals surface area contributed by atoms with Crippen molar-refractivity contribution in [2.45, 2.75) is 0 Å². The molecule has 0 saturated carbocycles. The summed E-state index contributed by atoms with van der Waals surface area (Å²) in [4.78, 5) is 27.2. The Balaban J connectivity index is 1.54. The summed E-state index contributed by atoms with van der Waals surface area (Å²) in [6, 6.07) is 4.42. The molecule has 8 nitrogen and oxygen atoms in total. The first-order valence-corrected chi connectivity index (χ1v) is 8.20. The fraction of sp³-hybridized carbons (Fsp3) is 0.267. The lowest BCUT2D eigenvalue weighted by Crippen LogP contribution is -2.41. The molecule has 2 aromatic heterocycles. The average molecular weight is 386 g/mol. The molecule has 0 radical (unpaired) electrons. The second kappa shape index (κ2) is 9.75. The summed E-state index contributed by atoms with van der Waals surface area (Å²) in [6.07, 6.45) is 2.90. The topological polar surface area (TPSA) is 108 Å². The molecule has 4 N–H and O–H groups in total. The van der Waals surface area contributed by atoms with Crippen LogP contribution in [0.5, 0.6) is 0 Å². The molecule has 0 fully saturated rings. The number of nitrogens with one attached hydrogen (secondary N) is 4. The molecule has 0 bridgehead atoms. The largest absolute Gasteiger partial charge is 0.459 e. The first kappa shape index (κ1) is 18.9. The molecule has 0 spiro atoms. The van der Waals surface area contributed by atoms with Gasteiger partial charge in [-0.15, -0.1) is 0 Å². The maximum atomic E-state index is 11.6. The van der Waals surface area contributed by atoms with Crippen LogP contribution in [0, 0.1) is 0 Å². The lowest BCUT2D eigenvalue weighted by atomic mass is 10.4. The molecule has 0 atom stereocenters. The van der Waals surface area contributed by atoms with E-state index in [4.69, 9.17) is 27.6 Å². The van der Waals surface area contributed by atoms with Crippen molar-refractivity contribution < 1.29 is 14.0 Å². The Kier molecular flexibility index (Phi) is 7.36. The van der Waals surface area contributed by atoms with Gasteiger partial charge in [-0.25, -0.2) is 9.78 Å². The van der Waals surface area contributed by atoms with Crippen LogP contribution in [-0.2, 0) is 0 Å². The molecular formula is C15H17Cl2N5O3. The minimum absolute atomic E-state index is 0.227. The van der Waals surface area contributed by atoms with Gasteiger partial charge in [0.05, 0.1) is 16.3 Å². The molecule has 2 aromatic rings. The van der Waals surface area contributed by atoms with Crippen molar-refractivity contribution in [3.05, 3.63) is 46.5 Å². The minimum atomic E-state index is -0.343. The number of urea groups is 1. The molecule has 0 aliphatic heterocycles. The van der Waals surface area contributed by atoms with E-state index >= 15 is 0 Å². The van der Waals surface area contributed by atoms with E-state index in [-0.39, 0.29) is 30.8 Å². The number of aromatic nitrogens is 1. The smallest absolute Gasteiger partial charge is 0.314 e. The van der Waals surface area contributed by atoms with Crippen LogP contribution in [0.3, 0.4) is 0 Å². The number of rotatable bonds is 8. The molecule has 0 unspecified atom stereocenters. The van der Waals surface area contributed by atoms with Crippen LogP contribution in [0.1, 0.15) is 10.6 Å². The van der Waals surface area contributed by atoms with Crippen LogP contribution in [0.2, 0.25) is 10.0 Å². The molecule has 2 rings (SSSR count). The SMILES string of the molecule is O=C(NCCNC(=O)c1ccco1)NCCNc1ncc(Cl)cc1Cl. The van der Waals surface area contributed by atoms with Gasteiger partial charge in [0.1, 0.15) is 5.82 Å². The van der Waals surface area contributed by atoms with Gasteiger partial charge in [0.2, 0.25) is 0 Å². The van der Waals surface area contributed by atoms with E-state index in [9.17, 15) is 9.59 Å². The highest BCUT2D eigenvalue weighted by molar-refractivity contribution is 6.35. The third-order valence-corrected chi connectivity index (χ3v) is 3.45. The molecule has 0 aliphatic rings. The van der Waals surface area contributed by atoms with Crippen molar-refractivity contribution >= 4 is 41.0 Å². The Bertz CT molecular complexity index is 709. The second-order valence-corrected chi connectivity index (χ2v) is 5.67. The number of pyridine rings is 1. The summed E-state index contributed by atoms with van der Waals surface area (Å²) >= 11 is 11.7. The van der Waals surface area contributed by atoms with Gasteiger partial charge in [0, 0.05) is 32.4 Å². The van der Waals surface area contributed by atoms with E-state index < -0.39 is 0 Å². The summed E-state index contributed by atoms with van der Waals surface area (Å²) in [5.74, 6) is 0.391. The van der Waals surface area contributed by atoms with Crippen molar-refractivity contribution in [3.8, 4) is 0 Å². The molecule has 2 heterocycles. The zero-order chi connectivity index (χ0) is 18.1. The van der Waals surface area contributed by atoms with Crippen LogP contribution >= 0.6 is 23.2 Å². The number of halogens is 2. The molecular weight excluding hydrogens is 369 g/mol. The van der Waals surface area contributed by atoms with Crippen molar-refractivity contribution in [1.82, 2.24) is 20.9 Å². The Morgan fingerprint density at radius 1 is 1.08 bits per heavy atom. The highest BCUT2D eigenvalue weighted by Crippen LogP contribution is 2.21. The van der Waals surface area contributed by atoms with Gasteiger partial charge < -0.3 is 25.7 Å². The summed E-state index contributed by atoms with van der Waals surface area (Å²) in [6.45, 7) is 1.38. The fourth-order valence-electron chi connectivity index (χ4n) is 1.81. The Labute approximate surface area is 154 Å². The Morgan fingerprint density at radius 3 is 2.48 bits per heavy atom. The van der Waals surface area contributed by atoms with E-state index in [0.717, 1.165) is 0 Å². The quantitative estimate of drug-likeness (QED) is 0.520. The third-order valence-electron chi connectivity index (χ3n) is 2.95. The third kappa shape index (κ3) is 6.52. The maximum absolute atomic E-state index is 11.6. The van der Waals surface area contributed by atoms with Gasteiger partial charge in [0.15, 0.2) is 5.76 Å². The first-order chi connectivity index (χ1) is 12.1. The van der Waals surface area contributed by atoms with Gasteiger partial charge in [-0.3, -0.25) is 4.79 Å². The molecule has 0 aliphatic carbocycles. The summed E-state index contributed by atoms with van der Waals surface area (Å²) in [7, 11) is 0. The van der Waals surface area contributed by atoms with Gasteiger partial charge in [0.25, 0.3) is 5.91 Å². The van der Waals surface area contributed by atoms with Crippen molar-refractivity contribution in [3.63, 3.8) is 0 Å². The normalized spacial score (nSPS) is 10.2. The lowest BCUT2D eigenvalue weighted by molar-refractivity contribution is 0.0926. The Hall–Kier alpha value is -2.45. The predicted octanol–water partition coefficient (Wildman–Crippen LogP) is 2.12. The van der Waals surface area contributed by atoms with Gasteiger partial charge in [-0.2, -0.15) is 0 Å². The monoisotopic (exact) mass is 385 g/mol. The number of nitrogens with zero attached hydrogens (tertiary/aromatic N) is 1. The highest BCUT2D eigenvalue weighted by atomic mass is 35.5. The van der Waals surface area contributed by atoms with E-state index in [1.807, 2.05) is 0 Å². The molecule has 0 aromatic carbocycles. The van der Waals surface area contributed by atoms with E-state index in [1.165, 1.54) is 12.5 Å². The van der Waals surface area contributed by atoms with E-state index in [0.29, 0.717) is 29.0 Å². The standard InChI is InChI=1S/C15H17Cl2N5O3/c16-10-8-11(17)13(22-9-10)18-3-5-20-15(24)21-6-4-19-14(23)12-2-1-7-25-12/h1-2,7-9H,3-6H2,(H,18,22)(H,19,23)(H2,20,21,24). The zero-order valence-electron chi connectivity index (χ0n) is 13.1. The second-order valence-electron chi connectivity index (χ2n) is 4.83. The maximum Gasteiger partial charge on any atom is 0.314 e. The summed E-state index contributed by atoms with van der Waals surface area (Å²) in [5.41, 5.74) is 0. The summed E-state index contributed by atoms with van der Waals surface area (Å²) in [5, 5.41) is 11.7. The van der Waals surface area contributed by atoms with Crippen LogP contribution in [0.4, 0.5) is 10.6 Å². The van der Waals surface area contributed by atoms with Gasteiger partial charge in [-0.1, -0.05) is 23.2 Å². The van der Waals surface area contributed by atoms with E-state index in [2.05, 4.69) is 26.3 Å². The first-order valence-electron chi connectivity index (χ1n) is 7.44. The average Bonchev–Trinajstić information content (AvgIpc) is 3.11. The number of carbonyl (C=O) groups is 2. The van der Waals surface area contributed by atoms with Crippen molar-refractivity contribution in [1.29, 1.82) is 0 Å². The van der Waals surface area contributed by atoms with Gasteiger partial charge in [-0.05, 0) is 18.2 Å². The number of amides is 3. The lowest BCUT2D eigenvalue weighted by Gasteiger charge is -2.10. The molecule has 25 heavy (non-hydrogen) atoms. The number of anilines is 1. The van der Waals surface area contributed by atoms with Crippen molar-refractivity contribution in [2.75, 3.05) is 31.5 Å². The van der Waals surface area contributed by atoms with Crippen LogP contribution in [-0.4, -0.2) is 43.1 Å². The fourth-order valence-corrected chi connectivity index (χ4v) is 2.26. The van der Waals surface area contributed by atoms with Crippen LogP contribution < -0.4 is 21.3 Å². The highest BCUT2D eigenvalue weighted by Gasteiger charge is 2.07.